The lowest BCUT2D eigenvalue weighted by atomic mass is 9.99. The first kappa shape index (κ1) is 25.1. The molecule has 0 radical (unpaired) electrons. The molecule has 0 aliphatic heterocycles. The first-order chi connectivity index (χ1) is 19.6. The monoisotopic (exact) mass is 549 g/mol. The number of pyridine rings is 1. The van der Waals surface area contributed by atoms with Crippen molar-refractivity contribution in [2.24, 2.45) is 0 Å². The molecular weight excluding hydrogens is 526 g/mol. The van der Waals surface area contributed by atoms with Crippen molar-refractivity contribution in [1.29, 1.82) is 0 Å². The quantitative estimate of drug-likeness (QED) is 0.231. The topological polar surface area (TPSA) is 118 Å². The summed E-state index contributed by atoms with van der Waals surface area (Å²) in [5, 5.41) is 8.76. The molecule has 3 aromatic carbocycles. The van der Waals surface area contributed by atoms with Gasteiger partial charge in [-0.25, -0.2) is 4.98 Å². The summed E-state index contributed by atoms with van der Waals surface area (Å²) in [5.41, 5.74) is 11.0. The van der Waals surface area contributed by atoms with Gasteiger partial charge in [0.1, 0.15) is 16.6 Å². The highest BCUT2D eigenvalue weighted by atomic mass is 32.1. The fourth-order valence-corrected chi connectivity index (χ4v) is 5.41. The van der Waals surface area contributed by atoms with Crippen LogP contribution in [0, 0.1) is 0 Å². The molecule has 0 spiro atoms. The molecule has 1 amide bonds. The second kappa shape index (κ2) is 10.5. The molecule has 6 aromatic rings. The Labute approximate surface area is 233 Å². The molecule has 2 N–H and O–H groups in total. The van der Waals surface area contributed by atoms with Gasteiger partial charge >= 0.3 is 0 Å². The summed E-state index contributed by atoms with van der Waals surface area (Å²) in [4.78, 5) is 19.1. The highest BCUT2D eigenvalue weighted by Gasteiger charge is 2.21. The van der Waals surface area contributed by atoms with Crippen molar-refractivity contribution in [3.8, 4) is 39.6 Å². The van der Waals surface area contributed by atoms with Gasteiger partial charge in [0.2, 0.25) is 17.2 Å². The van der Waals surface area contributed by atoms with Crippen molar-refractivity contribution < 1.29 is 23.5 Å². The molecule has 6 rings (SSSR count). The second-order valence-electron chi connectivity index (χ2n) is 8.75. The number of fused-ring (bicyclic) bond motifs is 1. The Hall–Kier alpha value is -5.22. The highest BCUT2D eigenvalue weighted by molar-refractivity contribution is 7.21. The molecule has 0 saturated carbocycles. The maximum absolute atomic E-state index is 13.3. The summed E-state index contributed by atoms with van der Waals surface area (Å²) in [6.07, 6.45) is 1.54. The third-order valence-electron chi connectivity index (χ3n) is 6.34. The van der Waals surface area contributed by atoms with E-state index < -0.39 is 5.91 Å². The van der Waals surface area contributed by atoms with Crippen LogP contribution in [0.3, 0.4) is 0 Å². The molecule has 0 saturated heterocycles. The van der Waals surface area contributed by atoms with Gasteiger partial charge in [-0.1, -0.05) is 54.6 Å². The maximum Gasteiger partial charge on any atom is 0.241 e. The molecule has 198 valence electrons. The Morgan fingerprint density at radius 1 is 0.925 bits per heavy atom. The van der Waals surface area contributed by atoms with E-state index in [1.165, 1.54) is 22.2 Å². The summed E-state index contributed by atoms with van der Waals surface area (Å²) < 4.78 is 17.8. The van der Waals surface area contributed by atoms with Crippen LogP contribution in [0.4, 0.5) is 11.6 Å². The summed E-state index contributed by atoms with van der Waals surface area (Å²) in [6, 6.07) is 26.8. The van der Waals surface area contributed by atoms with E-state index in [0.717, 1.165) is 28.1 Å². The normalized spacial score (nSPS) is 10.9. The number of nitrogen functional groups attached to an aromatic ring is 1. The SMILES string of the molecule is COc1ccc(-c2cc(-c3ccccc3)nc3sc(C(=O)[N-]c4c[n+](-c5ccccc5)no4)c(N)c23)cc1OC. The Kier molecular flexibility index (Phi) is 6.59. The molecule has 10 heteroatoms. The van der Waals surface area contributed by atoms with E-state index in [4.69, 9.17) is 24.7 Å². The van der Waals surface area contributed by atoms with Crippen LogP contribution in [0.15, 0.2) is 95.6 Å². The number of hydrogen-bond acceptors (Lipinski definition) is 8. The number of thiophene rings is 1. The molecule has 40 heavy (non-hydrogen) atoms. The van der Waals surface area contributed by atoms with Crippen LogP contribution >= 0.6 is 11.3 Å². The third-order valence-corrected chi connectivity index (χ3v) is 7.43. The van der Waals surface area contributed by atoms with Crippen LogP contribution in [0.2, 0.25) is 0 Å². The molecule has 0 unspecified atom stereocenters. The first-order valence-corrected chi connectivity index (χ1v) is 13.1. The van der Waals surface area contributed by atoms with Gasteiger partial charge in [0.05, 0.1) is 30.5 Å². The Morgan fingerprint density at radius 3 is 2.38 bits per heavy atom. The number of amides is 1. The predicted molar refractivity (Wildman–Crippen MR) is 153 cm³/mol. The van der Waals surface area contributed by atoms with Crippen LogP contribution < -0.4 is 19.9 Å². The number of nitrogens with two attached hydrogens (primary N) is 1. The first-order valence-electron chi connectivity index (χ1n) is 12.3. The molecule has 0 atom stereocenters. The number of ether oxygens (including phenoxy) is 2. The number of rotatable bonds is 7. The molecule has 9 nitrogen and oxygen atoms in total. The average molecular weight is 550 g/mol. The van der Waals surface area contributed by atoms with Crippen molar-refractivity contribution in [1.82, 2.24) is 10.3 Å². The van der Waals surface area contributed by atoms with Crippen molar-refractivity contribution >= 4 is 39.0 Å². The van der Waals surface area contributed by atoms with Crippen LogP contribution in [0.25, 0.3) is 43.6 Å². The van der Waals surface area contributed by atoms with Crippen LogP contribution in [-0.2, 0) is 0 Å². The minimum absolute atomic E-state index is 0.0590. The van der Waals surface area contributed by atoms with Crippen molar-refractivity contribution in [3.05, 3.63) is 101 Å². The van der Waals surface area contributed by atoms with E-state index in [-0.39, 0.29) is 10.8 Å². The molecule has 0 bridgehead atoms. The average Bonchev–Trinajstić information content (AvgIpc) is 3.61. The zero-order valence-electron chi connectivity index (χ0n) is 21.6. The molecule has 0 aliphatic carbocycles. The summed E-state index contributed by atoms with van der Waals surface area (Å²) in [7, 11) is 3.17. The number of nitrogens with zero attached hydrogens (tertiary/aromatic N) is 4. The fourth-order valence-electron chi connectivity index (χ4n) is 4.41. The number of anilines is 1. The van der Waals surface area contributed by atoms with Gasteiger partial charge in [-0.15, -0.1) is 11.3 Å². The lowest BCUT2D eigenvalue weighted by molar-refractivity contribution is -0.670. The van der Waals surface area contributed by atoms with E-state index in [1.54, 1.807) is 14.2 Å². The van der Waals surface area contributed by atoms with Crippen molar-refractivity contribution in [2.75, 3.05) is 20.0 Å². The van der Waals surface area contributed by atoms with Crippen LogP contribution in [-0.4, -0.2) is 30.4 Å². The van der Waals surface area contributed by atoms with Gasteiger partial charge in [0, 0.05) is 23.1 Å². The smallest absolute Gasteiger partial charge is 0.241 e. The number of hydrogen-bond donors (Lipinski definition) is 1. The van der Waals surface area contributed by atoms with Gasteiger partial charge in [-0.2, -0.15) is 0 Å². The standard InChI is InChI=1S/C30H23N5O4S/c1-37-23-14-13-19(15-24(23)38-2)21-16-22(18-9-5-3-6-10-18)32-30-26(21)27(31)28(40-30)29(36)33-25-17-35(34-39-25)20-11-7-4-8-12-20/h3-17H,1-2H3,(H2-,31,33,34,36). The van der Waals surface area contributed by atoms with Gasteiger partial charge in [-0.3, -0.25) is 0 Å². The minimum Gasteiger partial charge on any atom is -0.583 e. The van der Waals surface area contributed by atoms with Gasteiger partial charge in [0.25, 0.3) is 0 Å². The van der Waals surface area contributed by atoms with E-state index >= 15 is 0 Å². The zero-order chi connectivity index (χ0) is 27.6. The van der Waals surface area contributed by atoms with Gasteiger partial charge in [-0.05, 0) is 34.0 Å². The minimum atomic E-state index is -0.545. The van der Waals surface area contributed by atoms with E-state index in [1.807, 2.05) is 84.9 Å². The van der Waals surface area contributed by atoms with E-state index in [2.05, 4.69) is 10.6 Å². The number of benzene rings is 3. The Bertz CT molecular complexity index is 1830. The maximum atomic E-state index is 13.3. The highest BCUT2D eigenvalue weighted by Crippen LogP contribution is 2.44. The zero-order valence-corrected chi connectivity index (χ0v) is 22.4. The van der Waals surface area contributed by atoms with E-state index in [0.29, 0.717) is 27.4 Å². The number of carbonyl (C=O) groups is 1. The summed E-state index contributed by atoms with van der Waals surface area (Å²) >= 11 is 1.19. The Balaban J connectivity index is 1.44. The number of aromatic nitrogens is 3. The third kappa shape index (κ3) is 4.61. The molecular formula is C30H23N5O4S. The summed E-state index contributed by atoms with van der Waals surface area (Å²) in [5.74, 6) is 0.691. The van der Waals surface area contributed by atoms with E-state index in [9.17, 15) is 4.79 Å². The number of para-hydroxylation sites is 1. The second-order valence-corrected chi connectivity index (χ2v) is 9.75. The summed E-state index contributed by atoms with van der Waals surface area (Å²) in [6.45, 7) is 0. The van der Waals surface area contributed by atoms with Crippen molar-refractivity contribution in [3.63, 3.8) is 0 Å². The number of carbonyl (C=O) groups excluding carboxylic acids is 1. The van der Waals surface area contributed by atoms with Gasteiger partial charge < -0.3 is 29.8 Å². The van der Waals surface area contributed by atoms with Crippen molar-refractivity contribution in [2.45, 2.75) is 0 Å². The number of methoxy groups -OCH3 is 2. The fraction of sp³-hybridized carbons (Fsp3) is 0.0667. The molecule has 0 fully saturated rings. The lowest BCUT2D eigenvalue weighted by Gasteiger charge is -2.13. The molecule has 3 aromatic heterocycles. The van der Waals surface area contributed by atoms with Crippen LogP contribution in [0.5, 0.6) is 11.5 Å². The van der Waals surface area contributed by atoms with Gasteiger partial charge in [0.15, 0.2) is 11.5 Å². The molecule has 3 heterocycles. The predicted octanol–water partition coefficient (Wildman–Crippen LogP) is 6.34. The Morgan fingerprint density at radius 2 is 1.65 bits per heavy atom. The largest absolute Gasteiger partial charge is 0.583 e. The molecule has 0 aliphatic rings. The van der Waals surface area contributed by atoms with Crippen LogP contribution in [0.1, 0.15) is 9.67 Å². The lowest BCUT2D eigenvalue weighted by Crippen LogP contribution is -2.30.